The predicted octanol–water partition coefficient (Wildman–Crippen LogP) is 13.6. The fraction of sp³-hybridized carbons (Fsp3) is 0.337. The van der Waals surface area contributed by atoms with Crippen molar-refractivity contribution < 1.29 is 38.9 Å². The number of thiocarbonyl (C=S) groups is 3. The highest BCUT2D eigenvalue weighted by atomic mass is 32.2. The molecule has 3 aliphatic carbocycles. The Balaban J connectivity index is 0.000000133. The third kappa shape index (κ3) is 16.0. The Labute approximate surface area is 732 Å². The number of aromatic nitrogens is 3. The Kier molecular flexibility index (Phi) is 25.1. The van der Waals surface area contributed by atoms with Crippen LogP contribution in [0.25, 0.3) is 32.9 Å². The lowest BCUT2D eigenvalue weighted by Crippen LogP contribution is -2.35. The zero-order valence-electron chi connectivity index (χ0n) is 66.3. The van der Waals surface area contributed by atoms with Crippen molar-refractivity contribution in [2.75, 3.05) is 47.7 Å². The molecular formula is C89H87N9O11S10. The molecule has 0 radical (unpaired) electrons. The number of carboxylic acids is 2. The first kappa shape index (κ1) is 83.7. The number of methoxy groups -OCH3 is 1. The van der Waals surface area contributed by atoms with Crippen molar-refractivity contribution in [2.45, 2.75) is 165 Å². The highest BCUT2D eigenvalue weighted by molar-refractivity contribution is 8.31. The lowest BCUT2D eigenvalue weighted by molar-refractivity contribution is -0.140. The molecule has 9 heterocycles. The molecule has 3 amide bonds. The first-order valence-corrected chi connectivity index (χ1v) is 47.5. The number of thiazole rings is 3. The van der Waals surface area contributed by atoms with Crippen LogP contribution in [0.1, 0.15) is 156 Å². The van der Waals surface area contributed by atoms with E-state index < -0.39 is 36.5 Å². The van der Waals surface area contributed by atoms with Crippen molar-refractivity contribution in [3.63, 3.8) is 0 Å². The Bertz CT molecular complexity index is 6270. The molecule has 119 heavy (non-hydrogen) atoms. The molecule has 9 aromatic rings. The van der Waals surface area contributed by atoms with Crippen molar-refractivity contribution in [2.24, 2.45) is 0 Å². The Morgan fingerprint density at radius 2 is 0.874 bits per heavy atom. The van der Waals surface area contributed by atoms with Crippen molar-refractivity contribution in [1.82, 2.24) is 28.4 Å². The summed E-state index contributed by atoms with van der Waals surface area (Å²) >= 11 is 25.2. The Morgan fingerprint density at radius 3 is 1.30 bits per heavy atom. The number of anilines is 6. The van der Waals surface area contributed by atoms with Gasteiger partial charge < -0.3 is 29.6 Å². The first-order valence-electron chi connectivity index (χ1n) is 40.2. The monoisotopic (exact) mass is 1780 g/mol. The van der Waals surface area contributed by atoms with Crippen molar-refractivity contribution in [3.05, 3.63) is 225 Å². The van der Waals surface area contributed by atoms with Gasteiger partial charge in [-0.2, -0.15) is 0 Å². The van der Waals surface area contributed by atoms with Gasteiger partial charge in [0.25, 0.3) is 34.4 Å². The molecule has 18 rings (SSSR count). The van der Waals surface area contributed by atoms with E-state index in [4.69, 9.17) is 46.5 Å². The van der Waals surface area contributed by atoms with Crippen LogP contribution in [0.5, 0.6) is 5.75 Å². The number of carbonyl (C=O) groups excluding carboxylic acids is 3. The van der Waals surface area contributed by atoms with Gasteiger partial charge in [-0.25, -0.2) is 0 Å². The summed E-state index contributed by atoms with van der Waals surface area (Å²) in [6.45, 7) is 8.70. The third-order valence-corrected chi connectivity index (χ3v) is 32.4. The fourth-order valence-corrected chi connectivity index (χ4v) is 26.5. The predicted molar refractivity (Wildman–Crippen MR) is 496 cm³/mol. The molecule has 3 aromatic heterocycles. The quantitative estimate of drug-likeness (QED) is 0.0436. The SMILES string of the molecule is CCCCCN1C(=O)/C(=c2\s/c(=C/c3ccc4c(c3)C3CCCC3N4c3ccc(OC)cc3)c(=O)n2CC)SC1=S.CCN1C(=O)/C(=c2\s/c(=C/c3ccc4c(c3)C3CCCC3N4c3cccc(SC)c3)c(=O)n2CC(=O)O)SC1=S.CCn1c(=O)/c(=C\c2ccc3c(c2)C2CCCC2N3c2ccccc2)s/c1=C1/SC(=S)N(CC(=O)O)C1=O. The number of rotatable bonds is 19. The van der Waals surface area contributed by atoms with Crippen LogP contribution in [0.3, 0.4) is 0 Å². The number of thioether (sulfide) groups is 4. The number of hydrogen-bond donors (Lipinski definition) is 2. The normalized spacial score (nSPS) is 22.0. The summed E-state index contributed by atoms with van der Waals surface area (Å²) in [6.07, 6.45) is 21.4. The number of para-hydroxylation sites is 1. The van der Waals surface area contributed by atoms with Crippen molar-refractivity contribution in [1.29, 1.82) is 0 Å². The van der Waals surface area contributed by atoms with Crippen molar-refractivity contribution in [3.8, 4) is 5.75 Å². The second kappa shape index (κ2) is 35.6. The van der Waals surface area contributed by atoms with E-state index in [1.165, 1.54) is 132 Å². The minimum atomic E-state index is -1.14. The minimum Gasteiger partial charge on any atom is -0.497 e. The number of nitrogens with zero attached hydrogens (tertiary/aromatic N) is 9. The smallest absolute Gasteiger partial charge is 0.323 e. The van der Waals surface area contributed by atoms with Crippen LogP contribution in [0.15, 0.2) is 153 Å². The molecule has 20 nitrogen and oxygen atoms in total. The maximum Gasteiger partial charge on any atom is 0.323 e. The fourth-order valence-electron chi connectivity index (χ4n) is 18.2. The van der Waals surface area contributed by atoms with E-state index in [2.05, 4.69) is 137 Å². The van der Waals surface area contributed by atoms with Gasteiger partial charge >= 0.3 is 11.9 Å². The molecule has 6 aliphatic heterocycles. The highest BCUT2D eigenvalue weighted by Gasteiger charge is 2.46. The Morgan fingerprint density at radius 1 is 0.462 bits per heavy atom. The van der Waals surface area contributed by atoms with Gasteiger partial charge in [-0.05, 0) is 215 Å². The molecule has 6 aromatic carbocycles. The first-order chi connectivity index (χ1) is 57.6. The van der Waals surface area contributed by atoms with Crippen LogP contribution in [-0.4, -0.2) is 132 Å². The van der Waals surface area contributed by atoms with Crippen LogP contribution in [0.4, 0.5) is 34.1 Å². The molecule has 0 spiro atoms. The van der Waals surface area contributed by atoms with E-state index in [0.29, 0.717) is 113 Å². The summed E-state index contributed by atoms with van der Waals surface area (Å²) in [5, 5.41) is 18.7. The van der Waals surface area contributed by atoms with E-state index >= 15 is 0 Å². The topological polar surface area (TPSA) is 220 Å². The van der Waals surface area contributed by atoms with Gasteiger partial charge in [0.05, 0.1) is 20.7 Å². The Hall–Kier alpha value is -8.95. The minimum absolute atomic E-state index is 0.0529. The number of amides is 3. The zero-order valence-corrected chi connectivity index (χ0v) is 74.5. The summed E-state index contributed by atoms with van der Waals surface area (Å²) in [5.41, 5.74) is 13.5. The van der Waals surface area contributed by atoms with E-state index in [1.807, 2.05) is 63.3 Å². The standard InChI is InChI=1S/C32H35N3O3S3.C29H27N3O4S4.C28H25N3O4S3/c1-4-6-7-17-34-30(37)28(41-32(34)39)31-33(5-2)29(36)27(40-31)19-20-11-16-26-24(18-20)23-9-8-10-25(23)35(26)21-12-14-22(38-3)15-13-21;1-3-30-27(36)25(40-29(30)37)28-31(15-24(33)34)26(35)23(39-28)13-16-10-11-22-20(12-16)19-8-5-9-21(19)32(22)17-6-4-7-18(14-17)38-2;1-2-29-25(34)22(37-27(29)24-26(35)30(15-23(32)33)28(36)38-24)14-16-11-12-21-19(13-16)18-9-6-10-20(18)31(21)17-7-4-3-5-8-17/h11-16,18-19,23,25H,4-10,17H2,1-3H3;4,6-7,10-14,19,21H,3,5,8-9,15H2,1-2H3,(H,33,34);3-5,7-8,11-14,18,20H,2,6,9-10,15H2,1H3,(H,32,33)/b27-19+,31-28+;23-13+,28-25+;22-14+,27-24+. The molecule has 6 fully saturated rings. The van der Waals surface area contributed by atoms with Crippen LogP contribution in [-0.2, 0) is 43.6 Å². The summed E-state index contributed by atoms with van der Waals surface area (Å²) in [6, 6.07) is 48.1. The summed E-state index contributed by atoms with van der Waals surface area (Å²) in [7, 11) is 1.69. The van der Waals surface area contributed by atoms with Gasteiger partial charge in [0.2, 0.25) is 0 Å². The van der Waals surface area contributed by atoms with Gasteiger partial charge in [-0.3, -0.25) is 66.8 Å². The van der Waals surface area contributed by atoms with Gasteiger partial charge in [0, 0.05) is 101 Å². The number of carbonyl (C=O) groups is 5. The molecule has 9 aliphatic rings. The van der Waals surface area contributed by atoms with Crippen LogP contribution in [0, 0.1) is 0 Å². The molecule has 614 valence electrons. The average Bonchev–Trinajstić information content (AvgIpc) is 1.60. The van der Waals surface area contributed by atoms with Gasteiger partial charge in [-0.15, -0.1) is 45.8 Å². The van der Waals surface area contributed by atoms with E-state index in [9.17, 15) is 43.5 Å². The molecule has 6 unspecified atom stereocenters. The number of ether oxygens (including phenoxy) is 1. The number of aliphatic carboxylic acids is 2. The van der Waals surface area contributed by atoms with E-state index in [-0.39, 0.29) is 27.3 Å². The maximum atomic E-state index is 13.5. The van der Waals surface area contributed by atoms with Gasteiger partial charge in [0.1, 0.15) is 60.5 Å². The van der Waals surface area contributed by atoms with Crippen LogP contribution < -0.4 is 63.7 Å². The number of fused-ring (bicyclic) bond motifs is 9. The molecule has 0 bridgehead atoms. The molecule has 3 saturated carbocycles. The summed E-state index contributed by atoms with van der Waals surface area (Å²) in [4.78, 5) is 116. The lowest BCUT2D eigenvalue weighted by Gasteiger charge is -2.27. The van der Waals surface area contributed by atoms with Gasteiger partial charge in [0.15, 0.2) is 0 Å². The largest absolute Gasteiger partial charge is 0.497 e. The second-order valence-corrected chi connectivity index (χ2v) is 39.2. The molecule has 6 atom stereocenters. The summed E-state index contributed by atoms with van der Waals surface area (Å²) in [5.74, 6) is -0.887. The molecule has 3 saturated heterocycles. The number of unbranched alkanes of at least 4 members (excludes halogenated alkanes) is 2. The molecule has 30 heteroatoms. The van der Waals surface area contributed by atoms with Crippen LogP contribution >= 0.6 is 118 Å². The number of benzene rings is 6. The number of hydrogen-bond acceptors (Lipinski definition) is 22. The highest BCUT2D eigenvalue weighted by Crippen LogP contribution is 2.56. The molecule has 2 N–H and O–H groups in total. The van der Waals surface area contributed by atoms with Gasteiger partial charge in [-0.1, -0.05) is 153 Å². The molecular weight excluding hydrogens is 1690 g/mol. The zero-order chi connectivity index (χ0) is 83.4. The van der Waals surface area contributed by atoms with Crippen molar-refractivity contribution >= 4 is 227 Å². The third-order valence-electron chi connectivity index (χ3n) is 23.5. The van der Waals surface area contributed by atoms with E-state index in [1.54, 1.807) is 32.9 Å². The maximum absolute atomic E-state index is 13.5. The number of carboxylic acid groups (broad SMARTS) is 2. The summed E-state index contributed by atoms with van der Waals surface area (Å²) < 4.78 is 14.2. The van der Waals surface area contributed by atoms with E-state index in [0.717, 1.165) is 107 Å². The van der Waals surface area contributed by atoms with Crippen LogP contribution in [0.2, 0.25) is 0 Å². The lowest BCUT2D eigenvalue weighted by atomic mass is 9.96. The second-order valence-electron chi connectivity index (χ2n) is 30.3. The average molecular weight is 1780 g/mol.